The Labute approximate surface area is 118 Å². The van der Waals surface area contributed by atoms with Gasteiger partial charge in [-0.1, -0.05) is 44.1 Å². The molecule has 20 heavy (non-hydrogen) atoms. The molecule has 0 bridgehead atoms. The second kappa shape index (κ2) is 5.86. The van der Waals surface area contributed by atoms with E-state index in [0.717, 1.165) is 5.56 Å². The highest BCUT2D eigenvalue weighted by Gasteiger charge is 2.20. The molecule has 0 saturated heterocycles. The van der Waals surface area contributed by atoms with E-state index in [9.17, 15) is 4.79 Å². The number of nitrogens with one attached hydrogen (secondary N) is 1. The quantitative estimate of drug-likeness (QED) is 0.929. The van der Waals surface area contributed by atoms with Crippen molar-refractivity contribution in [2.24, 2.45) is 5.41 Å². The highest BCUT2D eigenvalue weighted by molar-refractivity contribution is 5.81. The Morgan fingerprint density at radius 2 is 1.95 bits per heavy atom. The first-order chi connectivity index (χ1) is 9.47. The molecule has 1 aromatic heterocycles. The third-order valence-corrected chi connectivity index (χ3v) is 2.80. The molecule has 0 saturated carbocycles. The summed E-state index contributed by atoms with van der Waals surface area (Å²) in [5.74, 6) is 1.12. The van der Waals surface area contributed by atoms with E-state index < -0.39 is 0 Å². The van der Waals surface area contributed by atoms with Crippen molar-refractivity contribution < 1.29 is 9.32 Å². The number of amides is 1. The van der Waals surface area contributed by atoms with Crippen molar-refractivity contribution in [3.8, 4) is 11.5 Å². The fourth-order valence-corrected chi connectivity index (χ4v) is 1.61. The van der Waals surface area contributed by atoms with Crippen molar-refractivity contribution in [2.45, 2.75) is 27.2 Å². The van der Waals surface area contributed by atoms with Gasteiger partial charge >= 0.3 is 0 Å². The lowest BCUT2D eigenvalue weighted by Crippen LogP contribution is -2.36. The van der Waals surface area contributed by atoms with Crippen molar-refractivity contribution in [1.82, 2.24) is 15.5 Å². The predicted molar refractivity (Wildman–Crippen MR) is 75.9 cm³/mol. The minimum Gasteiger partial charge on any atom is -0.355 e. The molecule has 5 heteroatoms. The van der Waals surface area contributed by atoms with Gasteiger partial charge in [0.15, 0.2) is 5.82 Å². The minimum atomic E-state index is -0.382. The van der Waals surface area contributed by atoms with E-state index in [-0.39, 0.29) is 11.3 Å². The maximum absolute atomic E-state index is 11.7. The lowest BCUT2D eigenvalue weighted by Gasteiger charge is -2.16. The first-order valence-electron chi connectivity index (χ1n) is 6.63. The first kappa shape index (κ1) is 14.2. The van der Waals surface area contributed by atoms with Crippen LogP contribution >= 0.6 is 0 Å². The Balaban J connectivity index is 1.90. The maximum atomic E-state index is 11.7. The molecular weight excluding hydrogens is 254 g/mol. The average Bonchev–Trinajstić information content (AvgIpc) is 2.87. The summed E-state index contributed by atoms with van der Waals surface area (Å²) < 4.78 is 5.20. The normalized spacial score (nSPS) is 11.3. The van der Waals surface area contributed by atoms with Gasteiger partial charge in [-0.05, 0) is 12.1 Å². The SMILES string of the molecule is CC(C)(C)C(=O)NCCc1noc(-c2ccccc2)n1. The van der Waals surface area contributed by atoms with Crippen LogP contribution in [0.4, 0.5) is 0 Å². The molecule has 0 aliphatic heterocycles. The van der Waals surface area contributed by atoms with Crippen LogP contribution in [0.3, 0.4) is 0 Å². The van der Waals surface area contributed by atoms with E-state index in [2.05, 4.69) is 15.5 Å². The van der Waals surface area contributed by atoms with E-state index in [1.54, 1.807) is 0 Å². The summed E-state index contributed by atoms with van der Waals surface area (Å²) in [6.45, 7) is 6.14. The second-order valence-electron chi connectivity index (χ2n) is 5.64. The molecule has 0 unspecified atom stereocenters. The molecular formula is C15H19N3O2. The summed E-state index contributed by atoms with van der Waals surface area (Å²) in [6, 6.07) is 9.60. The van der Waals surface area contributed by atoms with Crippen molar-refractivity contribution in [3.05, 3.63) is 36.2 Å². The largest absolute Gasteiger partial charge is 0.355 e. The van der Waals surface area contributed by atoms with Crippen molar-refractivity contribution >= 4 is 5.91 Å². The zero-order chi connectivity index (χ0) is 14.6. The lowest BCUT2D eigenvalue weighted by atomic mass is 9.96. The molecule has 0 radical (unpaired) electrons. The van der Waals surface area contributed by atoms with Crippen molar-refractivity contribution in [1.29, 1.82) is 0 Å². The summed E-state index contributed by atoms with van der Waals surface area (Å²) >= 11 is 0. The summed E-state index contributed by atoms with van der Waals surface area (Å²) in [5.41, 5.74) is 0.511. The zero-order valence-electron chi connectivity index (χ0n) is 12.0. The van der Waals surface area contributed by atoms with Crippen LogP contribution in [-0.2, 0) is 11.2 Å². The van der Waals surface area contributed by atoms with Gasteiger partial charge < -0.3 is 9.84 Å². The van der Waals surface area contributed by atoms with Crippen LogP contribution in [0.25, 0.3) is 11.5 Å². The fourth-order valence-electron chi connectivity index (χ4n) is 1.61. The molecule has 1 amide bonds. The number of hydrogen-bond donors (Lipinski definition) is 1. The molecule has 1 heterocycles. The van der Waals surface area contributed by atoms with Crippen LogP contribution < -0.4 is 5.32 Å². The van der Waals surface area contributed by atoms with Gasteiger partial charge in [0.1, 0.15) is 0 Å². The van der Waals surface area contributed by atoms with Crippen molar-refractivity contribution in [3.63, 3.8) is 0 Å². The summed E-state index contributed by atoms with van der Waals surface area (Å²) in [7, 11) is 0. The number of aromatic nitrogens is 2. The highest BCUT2D eigenvalue weighted by Crippen LogP contribution is 2.16. The molecule has 0 aliphatic rings. The molecule has 5 nitrogen and oxygen atoms in total. The van der Waals surface area contributed by atoms with Gasteiger partial charge in [0, 0.05) is 23.9 Å². The van der Waals surface area contributed by atoms with E-state index in [4.69, 9.17) is 4.52 Å². The Kier molecular flexibility index (Phi) is 4.17. The molecule has 0 fully saturated rings. The van der Waals surface area contributed by atoms with Crippen LogP contribution in [0.2, 0.25) is 0 Å². The number of carbonyl (C=O) groups is 1. The lowest BCUT2D eigenvalue weighted by molar-refractivity contribution is -0.128. The van der Waals surface area contributed by atoms with Gasteiger partial charge in [0.05, 0.1) is 0 Å². The van der Waals surface area contributed by atoms with Gasteiger partial charge in [0.25, 0.3) is 5.89 Å². The smallest absolute Gasteiger partial charge is 0.257 e. The number of benzene rings is 1. The molecule has 1 N–H and O–H groups in total. The molecule has 0 atom stereocenters. The van der Waals surface area contributed by atoms with E-state index in [1.165, 1.54) is 0 Å². The van der Waals surface area contributed by atoms with Gasteiger partial charge in [-0.2, -0.15) is 4.98 Å². The molecule has 106 valence electrons. The van der Waals surface area contributed by atoms with Gasteiger partial charge in [-0.15, -0.1) is 0 Å². The monoisotopic (exact) mass is 273 g/mol. The van der Waals surface area contributed by atoms with E-state index in [1.807, 2.05) is 51.1 Å². The van der Waals surface area contributed by atoms with E-state index >= 15 is 0 Å². The Hall–Kier alpha value is -2.17. The summed E-state index contributed by atoms with van der Waals surface area (Å²) in [4.78, 5) is 16.0. The van der Waals surface area contributed by atoms with Crippen LogP contribution in [0.15, 0.2) is 34.9 Å². The van der Waals surface area contributed by atoms with Crippen LogP contribution in [0.1, 0.15) is 26.6 Å². The summed E-state index contributed by atoms with van der Waals surface area (Å²) in [5, 5.41) is 6.77. The highest BCUT2D eigenvalue weighted by atomic mass is 16.5. The van der Waals surface area contributed by atoms with E-state index in [0.29, 0.717) is 24.7 Å². The zero-order valence-corrected chi connectivity index (χ0v) is 12.0. The maximum Gasteiger partial charge on any atom is 0.257 e. The fraction of sp³-hybridized carbons (Fsp3) is 0.400. The first-order valence-corrected chi connectivity index (χ1v) is 6.63. The standard InChI is InChI=1S/C15H19N3O2/c1-15(2,3)14(19)16-10-9-12-17-13(20-18-12)11-7-5-4-6-8-11/h4-8H,9-10H2,1-3H3,(H,16,19). The van der Waals surface area contributed by atoms with Gasteiger partial charge in [-0.25, -0.2) is 0 Å². The number of nitrogens with zero attached hydrogens (tertiary/aromatic N) is 2. The average molecular weight is 273 g/mol. The number of hydrogen-bond acceptors (Lipinski definition) is 4. The Morgan fingerprint density at radius 3 is 2.60 bits per heavy atom. The molecule has 0 aliphatic carbocycles. The van der Waals surface area contributed by atoms with Crippen molar-refractivity contribution in [2.75, 3.05) is 6.54 Å². The predicted octanol–water partition coefficient (Wildman–Crippen LogP) is 2.44. The van der Waals surface area contributed by atoms with Crippen LogP contribution in [-0.4, -0.2) is 22.6 Å². The topological polar surface area (TPSA) is 68.0 Å². The Morgan fingerprint density at radius 1 is 1.25 bits per heavy atom. The molecule has 1 aromatic carbocycles. The molecule has 0 spiro atoms. The van der Waals surface area contributed by atoms with Crippen LogP contribution in [0, 0.1) is 5.41 Å². The third-order valence-electron chi connectivity index (χ3n) is 2.80. The number of rotatable bonds is 4. The minimum absolute atomic E-state index is 0.0178. The van der Waals surface area contributed by atoms with Gasteiger partial charge in [0.2, 0.25) is 5.91 Å². The van der Waals surface area contributed by atoms with Crippen LogP contribution in [0.5, 0.6) is 0 Å². The Bertz CT molecular complexity index is 570. The summed E-state index contributed by atoms with van der Waals surface area (Å²) in [6.07, 6.45) is 0.554. The second-order valence-corrected chi connectivity index (χ2v) is 5.64. The molecule has 2 rings (SSSR count). The third kappa shape index (κ3) is 3.66. The number of carbonyl (C=O) groups excluding carboxylic acids is 1. The van der Waals surface area contributed by atoms with Gasteiger partial charge in [-0.3, -0.25) is 4.79 Å². The molecule has 2 aromatic rings.